The van der Waals surface area contributed by atoms with Crippen molar-refractivity contribution in [3.63, 3.8) is 0 Å². The van der Waals surface area contributed by atoms with Crippen molar-refractivity contribution in [2.75, 3.05) is 11.4 Å². The molecular weight excluding hydrogens is 463 g/mol. The molecule has 2 heterocycles. The minimum Gasteiger partial charge on any atom is -0.459 e. The largest absolute Gasteiger partial charge is 0.459 e. The van der Waals surface area contributed by atoms with Gasteiger partial charge in [0.15, 0.2) is 5.76 Å². The molecule has 1 atom stereocenters. The zero-order chi connectivity index (χ0) is 25.5. The Balaban J connectivity index is 1.68. The summed E-state index contributed by atoms with van der Waals surface area (Å²) in [5.74, 6) is -1.99. The van der Waals surface area contributed by atoms with Crippen molar-refractivity contribution in [3.8, 4) is 0 Å². The number of hydrogen-bond acceptors (Lipinski definition) is 5. The molecule has 3 aromatic rings. The predicted octanol–water partition coefficient (Wildman–Crippen LogP) is 4.08. The molecule has 36 heavy (non-hydrogen) atoms. The monoisotopic (exact) mass is 492 g/mol. The van der Waals surface area contributed by atoms with Crippen LogP contribution in [0.3, 0.4) is 0 Å². The summed E-state index contributed by atoms with van der Waals surface area (Å²) in [4.78, 5) is 44.9. The Labute approximate surface area is 208 Å². The van der Waals surface area contributed by atoms with E-state index in [0.29, 0.717) is 11.1 Å². The number of rotatable bonds is 8. The van der Waals surface area contributed by atoms with Crippen molar-refractivity contribution >= 4 is 23.4 Å². The van der Waals surface area contributed by atoms with Crippen LogP contribution in [0.5, 0.6) is 0 Å². The van der Waals surface area contributed by atoms with Gasteiger partial charge in [-0.05, 0) is 67.3 Å². The highest BCUT2D eigenvalue weighted by Gasteiger charge is 2.34. The summed E-state index contributed by atoms with van der Waals surface area (Å²) in [6, 6.07) is 9.61. The zero-order valence-corrected chi connectivity index (χ0v) is 20.1. The minimum absolute atomic E-state index is 0.000878. The van der Waals surface area contributed by atoms with Crippen LogP contribution in [-0.2, 0) is 9.59 Å². The van der Waals surface area contributed by atoms with Crippen molar-refractivity contribution in [1.29, 1.82) is 0 Å². The number of carbonyl (C=O) groups excluding carboxylic acids is 3. The third-order valence-corrected chi connectivity index (χ3v) is 6.33. The first-order chi connectivity index (χ1) is 17.4. The average Bonchev–Trinajstić information content (AvgIpc) is 3.44. The highest BCUT2D eigenvalue weighted by Crippen LogP contribution is 2.30. The first kappa shape index (κ1) is 25.1. The molecule has 2 aromatic heterocycles. The molecule has 3 amide bonds. The molecule has 0 bridgehead atoms. The SMILES string of the molecule is Cc1ccc(N(C(=O)CNC(=O)c2ccco2)[C@H](C(=O)NC2CCCCC2)c2ccncc2)cc1F. The van der Waals surface area contributed by atoms with Gasteiger partial charge in [-0.15, -0.1) is 0 Å². The summed E-state index contributed by atoms with van der Waals surface area (Å²) in [7, 11) is 0. The van der Waals surface area contributed by atoms with Crippen molar-refractivity contribution in [2.24, 2.45) is 0 Å². The Morgan fingerprint density at radius 1 is 1.11 bits per heavy atom. The molecule has 8 nitrogen and oxygen atoms in total. The molecule has 1 saturated carbocycles. The summed E-state index contributed by atoms with van der Waals surface area (Å²) in [5, 5.41) is 5.61. The number of aryl methyl sites for hydroxylation is 1. The van der Waals surface area contributed by atoms with Gasteiger partial charge in [-0.1, -0.05) is 25.3 Å². The first-order valence-electron chi connectivity index (χ1n) is 12.0. The Morgan fingerprint density at radius 2 is 1.86 bits per heavy atom. The van der Waals surface area contributed by atoms with E-state index >= 15 is 0 Å². The molecule has 1 aliphatic rings. The number of aromatic nitrogens is 1. The zero-order valence-electron chi connectivity index (χ0n) is 20.1. The highest BCUT2D eigenvalue weighted by atomic mass is 19.1. The van der Waals surface area contributed by atoms with Crippen molar-refractivity contribution in [3.05, 3.63) is 83.8 Å². The van der Waals surface area contributed by atoms with E-state index in [0.717, 1.165) is 32.1 Å². The fraction of sp³-hybridized carbons (Fsp3) is 0.333. The Bertz CT molecular complexity index is 1190. The quantitative estimate of drug-likeness (QED) is 0.493. The smallest absolute Gasteiger partial charge is 0.287 e. The van der Waals surface area contributed by atoms with E-state index in [1.54, 1.807) is 37.3 Å². The van der Waals surface area contributed by atoms with Crippen molar-refractivity contribution < 1.29 is 23.2 Å². The molecule has 0 saturated heterocycles. The van der Waals surface area contributed by atoms with Crippen LogP contribution in [0.2, 0.25) is 0 Å². The number of nitrogens with one attached hydrogen (secondary N) is 2. The second-order valence-electron chi connectivity index (χ2n) is 8.88. The summed E-state index contributed by atoms with van der Waals surface area (Å²) in [6.45, 7) is 1.19. The first-order valence-corrected chi connectivity index (χ1v) is 12.0. The Kier molecular flexibility index (Phi) is 8.10. The fourth-order valence-corrected chi connectivity index (χ4v) is 4.40. The summed E-state index contributed by atoms with van der Waals surface area (Å²) < 4.78 is 19.7. The Morgan fingerprint density at radius 3 is 2.53 bits per heavy atom. The second kappa shape index (κ2) is 11.6. The van der Waals surface area contributed by atoms with Crippen LogP contribution < -0.4 is 15.5 Å². The number of benzene rings is 1. The second-order valence-corrected chi connectivity index (χ2v) is 8.88. The van der Waals surface area contributed by atoms with Gasteiger partial charge in [-0.3, -0.25) is 24.3 Å². The van der Waals surface area contributed by atoms with Gasteiger partial charge in [0.05, 0.1) is 12.8 Å². The van der Waals surface area contributed by atoms with Gasteiger partial charge in [0, 0.05) is 24.1 Å². The average molecular weight is 493 g/mol. The van der Waals surface area contributed by atoms with E-state index in [-0.39, 0.29) is 23.4 Å². The molecule has 4 rings (SSSR count). The van der Waals surface area contributed by atoms with Gasteiger partial charge < -0.3 is 15.1 Å². The van der Waals surface area contributed by atoms with Gasteiger partial charge in [0.25, 0.3) is 5.91 Å². The third-order valence-electron chi connectivity index (χ3n) is 6.33. The maximum atomic E-state index is 14.6. The lowest BCUT2D eigenvalue weighted by atomic mass is 9.94. The molecule has 0 radical (unpaired) electrons. The van der Waals surface area contributed by atoms with E-state index in [4.69, 9.17) is 4.42 Å². The molecule has 9 heteroatoms. The maximum absolute atomic E-state index is 14.6. The van der Waals surface area contributed by atoms with E-state index in [1.165, 1.54) is 35.7 Å². The molecular formula is C27H29FN4O4. The molecule has 0 spiro atoms. The topological polar surface area (TPSA) is 105 Å². The molecule has 2 N–H and O–H groups in total. The van der Waals surface area contributed by atoms with Gasteiger partial charge >= 0.3 is 0 Å². The number of anilines is 1. The molecule has 1 fully saturated rings. The normalized spacial score (nSPS) is 14.6. The predicted molar refractivity (Wildman–Crippen MR) is 132 cm³/mol. The highest BCUT2D eigenvalue weighted by molar-refractivity contribution is 6.04. The lowest BCUT2D eigenvalue weighted by Crippen LogP contribution is -2.49. The fourth-order valence-electron chi connectivity index (χ4n) is 4.40. The van der Waals surface area contributed by atoms with Gasteiger partial charge in [-0.2, -0.15) is 0 Å². The molecule has 1 aliphatic carbocycles. The molecule has 1 aromatic carbocycles. The van der Waals surface area contributed by atoms with E-state index < -0.39 is 30.2 Å². The molecule has 0 aliphatic heterocycles. The lowest BCUT2D eigenvalue weighted by molar-refractivity contribution is -0.127. The van der Waals surface area contributed by atoms with E-state index in [1.807, 2.05) is 0 Å². The maximum Gasteiger partial charge on any atom is 0.287 e. The van der Waals surface area contributed by atoms with Crippen LogP contribution in [0.15, 0.2) is 65.5 Å². The standard InChI is InChI=1S/C27H29FN4O4/c1-18-9-10-21(16-22(18)28)32(24(33)17-30-26(34)23-8-5-15-36-23)25(19-11-13-29-14-12-19)27(35)31-20-6-3-2-4-7-20/h5,8-16,20,25H,2-4,6-7,17H2,1H3,(H,30,34)(H,31,35)/t25-/m0/s1. The third kappa shape index (κ3) is 5.97. The summed E-state index contributed by atoms with van der Waals surface area (Å²) in [6.07, 6.45) is 9.32. The lowest BCUT2D eigenvalue weighted by Gasteiger charge is -2.33. The van der Waals surface area contributed by atoms with E-state index in [9.17, 15) is 18.8 Å². The van der Waals surface area contributed by atoms with Crippen molar-refractivity contribution in [2.45, 2.75) is 51.1 Å². The van der Waals surface area contributed by atoms with Crippen LogP contribution >= 0.6 is 0 Å². The Hall–Kier alpha value is -4.01. The summed E-state index contributed by atoms with van der Waals surface area (Å²) >= 11 is 0. The van der Waals surface area contributed by atoms with Gasteiger partial charge in [0.1, 0.15) is 11.9 Å². The number of halogens is 1. The number of hydrogen-bond donors (Lipinski definition) is 2. The van der Waals surface area contributed by atoms with Gasteiger partial charge in [0.2, 0.25) is 11.8 Å². The number of amides is 3. The number of carbonyl (C=O) groups is 3. The number of furan rings is 1. The summed E-state index contributed by atoms with van der Waals surface area (Å²) in [5.41, 5.74) is 1.13. The van der Waals surface area contributed by atoms with E-state index in [2.05, 4.69) is 15.6 Å². The number of nitrogens with zero attached hydrogens (tertiary/aromatic N) is 2. The number of pyridine rings is 1. The van der Waals surface area contributed by atoms with Crippen LogP contribution in [-0.4, -0.2) is 35.3 Å². The van der Waals surface area contributed by atoms with Crippen LogP contribution in [0, 0.1) is 12.7 Å². The van der Waals surface area contributed by atoms with Crippen LogP contribution in [0.4, 0.5) is 10.1 Å². The van der Waals surface area contributed by atoms with Crippen molar-refractivity contribution in [1.82, 2.24) is 15.6 Å². The van der Waals surface area contributed by atoms with Gasteiger partial charge in [-0.25, -0.2) is 4.39 Å². The van der Waals surface area contributed by atoms with Crippen LogP contribution in [0.25, 0.3) is 0 Å². The minimum atomic E-state index is -1.09. The van der Waals surface area contributed by atoms with Crippen LogP contribution in [0.1, 0.15) is 59.8 Å². The molecule has 0 unspecified atom stereocenters. The molecule has 188 valence electrons.